The van der Waals surface area contributed by atoms with Crippen molar-refractivity contribution in [2.24, 2.45) is 5.92 Å². The van der Waals surface area contributed by atoms with Gasteiger partial charge in [-0.2, -0.15) is 5.26 Å². The minimum Gasteiger partial charge on any atom is -0.467 e. The second kappa shape index (κ2) is 11.0. The lowest BCUT2D eigenvalue weighted by Gasteiger charge is -2.12. The standard InChI is InChI=1S/C22H28N4O5/c1-14(2)7-8-19(27)24-11-21(29)31-13-20(28)25-22-18(10-23)15(3)16(4)26(22)12-17-6-5-9-30-17/h5-6,9,14H,7-8,11-13H2,1-4H3,(H,24,27)(H,25,28). The molecule has 0 aliphatic heterocycles. The summed E-state index contributed by atoms with van der Waals surface area (Å²) in [5.74, 6) is -0.176. The van der Waals surface area contributed by atoms with E-state index in [0.717, 1.165) is 17.7 Å². The predicted molar refractivity (Wildman–Crippen MR) is 113 cm³/mol. The molecule has 0 atom stereocenters. The summed E-state index contributed by atoms with van der Waals surface area (Å²) < 4.78 is 12.1. The fraction of sp³-hybridized carbons (Fsp3) is 0.455. The highest BCUT2D eigenvalue weighted by molar-refractivity contribution is 5.94. The molecule has 0 bridgehead atoms. The molecule has 0 saturated heterocycles. The molecule has 9 nitrogen and oxygen atoms in total. The molecule has 0 saturated carbocycles. The maximum atomic E-state index is 12.4. The molecule has 0 spiro atoms. The third kappa shape index (κ3) is 6.74. The van der Waals surface area contributed by atoms with E-state index in [0.29, 0.717) is 36.0 Å². The Labute approximate surface area is 181 Å². The number of aromatic nitrogens is 1. The number of nitrogens with one attached hydrogen (secondary N) is 2. The zero-order chi connectivity index (χ0) is 23.0. The van der Waals surface area contributed by atoms with E-state index in [2.05, 4.69) is 16.7 Å². The number of amides is 2. The summed E-state index contributed by atoms with van der Waals surface area (Å²) in [4.78, 5) is 35.8. The summed E-state index contributed by atoms with van der Waals surface area (Å²) >= 11 is 0. The molecule has 2 heterocycles. The fourth-order valence-electron chi connectivity index (χ4n) is 2.93. The molecule has 2 amide bonds. The van der Waals surface area contributed by atoms with E-state index in [1.165, 1.54) is 0 Å². The maximum absolute atomic E-state index is 12.4. The zero-order valence-corrected chi connectivity index (χ0v) is 18.3. The Bertz CT molecular complexity index is 967. The number of hydrogen-bond donors (Lipinski definition) is 2. The largest absolute Gasteiger partial charge is 0.467 e. The topological polar surface area (TPSA) is 126 Å². The van der Waals surface area contributed by atoms with Crippen molar-refractivity contribution in [3.63, 3.8) is 0 Å². The van der Waals surface area contributed by atoms with Crippen LogP contribution in [0.25, 0.3) is 0 Å². The first-order valence-corrected chi connectivity index (χ1v) is 10.1. The van der Waals surface area contributed by atoms with Crippen LogP contribution in [0.3, 0.4) is 0 Å². The van der Waals surface area contributed by atoms with Gasteiger partial charge in [-0.05, 0) is 43.9 Å². The number of anilines is 1. The highest BCUT2D eigenvalue weighted by atomic mass is 16.5. The van der Waals surface area contributed by atoms with Crippen LogP contribution >= 0.6 is 0 Å². The number of ether oxygens (including phenoxy) is 1. The molecule has 0 radical (unpaired) electrons. The molecule has 0 aromatic carbocycles. The molecule has 0 aliphatic rings. The summed E-state index contributed by atoms with van der Waals surface area (Å²) in [5.41, 5.74) is 1.89. The average Bonchev–Trinajstić information content (AvgIpc) is 3.32. The molecule has 0 fully saturated rings. The molecular weight excluding hydrogens is 400 g/mol. The van der Waals surface area contributed by atoms with Crippen LogP contribution in [0.15, 0.2) is 22.8 Å². The van der Waals surface area contributed by atoms with E-state index >= 15 is 0 Å². The van der Waals surface area contributed by atoms with Gasteiger partial charge in [-0.3, -0.25) is 14.4 Å². The number of carbonyl (C=O) groups excluding carboxylic acids is 3. The summed E-state index contributed by atoms with van der Waals surface area (Å²) in [7, 11) is 0. The number of rotatable bonds is 10. The molecule has 166 valence electrons. The van der Waals surface area contributed by atoms with Gasteiger partial charge in [0.15, 0.2) is 6.61 Å². The second-order valence-electron chi connectivity index (χ2n) is 7.63. The lowest BCUT2D eigenvalue weighted by Crippen LogP contribution is -2.32. The summed E-state index contributed by atoms with van der Waals surface area (Å²) in [6, 6.07) is 5.66. The van der Waals surface area contributed by atoms with Gasteiger partial charge in [0.25, 0.3) is 5.91 Å². The van der Waals surface area contributed by atoms with Crippen LogP contribution in [0.2, 0.25) is 0 Å². The van der Waals surface area contributed by atoms with E-state index in [4.69, 9.17) is 9.15 Å². The molecule has 2 rings (SSSR count). The summed E-state index contributed by atoms with van der Waals surface area (Å²) in [6.45, 7) is 7.15. The SMILES string of the molecule is Cc1c(C#N)c(NC(=O)COC(=O)CNC(=O)CCC(C)C)n(Cc2ccco2)c1C. The first-order chi connectivity index (χ1) is 14.7. The van der Waals surface area contributed by atoms with Gasteiger partial charge in [-0.25, -0.2) is 0 Å². The van der Waals surface area contributed by atoms with E-state index in [1.54, 1.807) is 29.9 Å². The Balaban J connectivity index is 1.94. The van der Waals surface area contributed by atoms with Crippen molar-refractivity contribution in [3.8, 4) is 6.07 Å². The van der Waals surface area contributed by atoms with Crippen molar-refractivity contribution in [1.82, 2.24) is 9.88 Å². The van der Waals surface area contributed by atoms with Gasteiger partial charge in [0.05, 0.1) is 18.4 Å². The lowest BCUT2D eigenvalue weighted by molar-refractivity contribution is -0.147. The molecule has 31 heavy (non-hydrogen) atoms. The van der Waals surface area contributed by atoms with Crippen molar-refractivity contribution in [2.75, 3.05) is 18.5 Å². The van der Waals surface area contributed by atoms with E-state index in [9.17, 15) is 19.6 Å². The fourth-order valence-corrected chi connectivity index (χ4v) is 2.93. The minimum atomic E-state index is -0.716. The number of nitrogens with zero attached hydrogens (tertiary/aromatic N) is 2. The van der Waals surface area contributed by atoms with Gasteiger partial charge >= 0.3 is 5.97 Å². The highest BCUT2D eigenvalue weighted by Crippen LogP contribution is 2.27. The molecule has 2 aromatic rings. The van der Waals surface area contributed by atoms with Gasteiger partial charge < -0.3 is 24.4 Å². The second-order valence-corrected chi connectivity index (χ2v) is 7.63. The van der Waals surface area contributed by atoms with Crippen LogP contribution in [0, 0.1) is 31.1 Å². The first-order valence-electron chi connectivity index (χ1n) is 10.1. The van der Waals surface area contributed by atoms with Crippen LogP contribution in [-0.2, 0) is 25.7 Å². The number of esters is 1. The van der Waals surface area contributed by atoms with Gasteiger partial charge in [0.1, 0.15) is 24.2 Å². The normalized spacial score (nSPS) is 10.6. The van der Waals surface area contributed by atoms with Gasteiger partial charge in [0.2, 0.25) is 5.91 Å². The van der Waals surface area contributed by atoms with Crippen molar-refractivity contribution >= 4 is 23.6 Å². The van der Waals surface area contributed by atoms with Crippen LogP contribution in [0.1, 0.15) is 49.3 Å². The van der Waals surface area contributed by atoms with Crippen molar-refractivity contribution in [2.45, 2.75) is 47.1 Å². The van der Waals surface area contributed by atoms with Crippen molar-refractivity contribution < 1.29 is 23.5 Å². The van der Waals surface area contributed by atoms with Gasteiger partial charge in [-0.1, -0.05) is 13.8 Å². The van der Waals surface area contributed by atoms with Gasteiger partial charge in [0, 0.05) is 12.1 Å². The number of furan rings is 1. The quantitative estimate of drug-likeness (QED) is 0.560. The summed E-state index contributed by atoms with van der Waals surface area (Å²) in [5, 5.41) is 14.7. The Hall–Kier alpha value is -3.54. The Morgan fingerprint density at radius 1 is 1.26 bits per heavy atom. The highest BCUT2D eigenvalue weighted by Gasteiger charge is 2.21. The van der Waals surface area contributed by atoms with Crippen LogP contribution in [0.4, 0.5) is 5.82 Å². The van der Waals surface area contributed by atoms with Crippen LogP contribution in [0.5, 0.6) is 0 Å². The van der Waals surface area contributed by atoms with E-state index in [1.807, 2.05) is 20.8 Å². The van der Waals surface area contributed by atoms with E-state index in [-0.39, 0.29) is 12.5 Å². The third-order valence-corrected chi connectivity index (χ3v) is 4.84. The zero-order valence-electron chi connectivity index (χ0n) is 18.3. The van der Waals surface area contributed by atoms with Crippen LogP contribution < -0.4 is 10.6 Å². The molecule has 9 heteroatoms. The molecule has 2 N–H and O–H groups in total. The number of nitriles is 1. The molecule has 0 aliphatic carbocycles. The first kappa shape index (κ1) is 23.7. The Morgan fingerprint density at radius 2 is 2.00 bits per heavy atom. The van der Waals surface area contributed by atoms with Crippen molar-refractivity contribution in [3.05, 3.63) is 41.0 Å². The minimum absolute atomic E-state index is 0.240. The maximum Gasteiger partial charge on any atom is 0.325 e. The smallest absolute Gasteiger partial charge is 0.325 e. The number of carbonyl (C=O) groups is 3. The Kier molecular flexibility index (Phi) is 8.43. The van der Waals surface area contributed by atoms with Gasteiger partial charge in [-0.15, -0.1) is 0 Å². The third-order valence-electron chi connectivity index (χ3n) is 4.84. The molecular formula is C22H28N4O5. The lowest BCUT2D eigenvalue weighted by atomic mass is 10.1. The van der Waals surface area contributed by atoms with Crippen molar-refractivity contribution in [1.29, 1.82) is 5.26 Å². The molecule has 2 aromatic heterocycles. The van der Waals surface area contributed by atoms with E-state index < -0.39 is 18.5 Å². The molecule has 0 unspecified atom stereocenters. The Morgan fingerprint density at radius 3 is 2.61 bits per heavy atom. The predicted octanol–water partition coefficient (Wildman–Crippen LogP) is 2.65. The number of hydrogen-bond acceptors (Lipinski definition) is 6. The summed E-state index contributed by atoms with van der Waals surface area (Å²) in [6.07, 6.45) is 2.60. The van der Waals surface area contributed by atoms with Crippen LogP contribution in [-0.4, -0.2) is 35.5 Å². The monoisotopic (exact) mass is 428 g/mol. The average molecular weight is 428 g/mol.